The Kier molecular flexibility index (Phi) is 5.46. The number of thioether (sulfide) groups is 1. The quantitative estimate of drug-likeness (QED) is 0.848. The summed E-state index contributed by atoms with van der Waals surface area (Å²) in [6, 6.07) is 16.9. The van der Waals surface area contributed by atoms with E-state index in [4.69, 9.17) is 0 Å². The molecule has 2 aromatic rings. The van der Waals surface area contributed by atoms with Gasteiger partial charge in [-0.05, 0) is 24.1 Å². The largest absolute Gasteiger partial charge is 0.373 e. The van der Waals surface area contributed by atoms with Crippen LogP contribution in [0.25, 0.3) is 0 Å². The highest BCUT2D eigenvalue weighted by Crippen LogP contribution is 2.24. The SMILES string of the molecule is Cc1cccc(CSCC(=O)N2CCN(C)c3ccccc3C2)c1. The maximum absolute atomic E-state index is 12.6. The van der Waals surface area contributed by atoms with Crippen LogP contribution in [0.4, 0.5) is 5.69 Å². The summed E-state index contributed by atoms with van der Waals surface area (Å²) < 4.78 is 0. The topological polar surface area (TPSA) is 23.6 Å². The van der Waals surface area contributed by atoms with Gasteiger partial charge in [-0.25, -0.2) is 0 Å². The van der Waals surface area contributed by atoms with Crippen molar-refractivity contribution in [3.8, 4) is 0 Å². The zero-order valence-electron chi connectivity index (χ0n) is 14.4. The lowest BCUT2D eigenvalue weighted by molar-refractivity contribution is -0.128. The second-order valence-corrected chi connectivity index (χ2v) is 7.33. The molecule has 4 heteroatoms. The number of benzene rings is 2. The molecule has 0 aromatic heterocycles. The number of rotatable bonds is 4. The lowest BCUT2D eigenvalue weighted by Gasteiger charge is -2.21. The van der Waals surface area contributed by atoms with Gasteiger partial charge < -0.3 is 9.80 Å². The van der Waals surface area contributed by atoms with Crippen LogP contribution in [0.15, 0.2) is 48.5 Å². The van der Waals surface area contributed by atoms with Crippen molar-refractivity contribution in [1.29, 1.82) is 0 Å². The number of anilines is 1. The number of para-hydroxylation sites is 1. The molecule has 2 aromatic carbocycles. The average Bonchev–Trinajstić information content (AvgIpc) is 2.75. The predicted molar refractivity (Wildman–Crippen MR) is 102 cm³/mol. The molecule has 0 atom stereocenters. The molecule has 1 aliphatic heterocycles. The number of carbonyl (C=O) groups excluding carboxylic acids is 1. The van der Waals surface area contributed by atoms with Gasteiger partial charge in [-0.3, -0.25) is 4.79 Å². The van der Waals surface area contributed by atoms with Crippen molar-refractivity contribution in [3.05, 3.63) is 65.2 Å². The first kappa shape index (κ1) is 16.9. The van der Waals surface area contributed by atoms with Crippen molar-refractivity contribution < 1.29 is 4.79 Å². The summed E-state index contributed by atoms with van der Waals surface area (Å²) in [7, 11) is 2.10. The first-order chi connectivity index (χ1) is 11.6. The highest BCUT2D eigenvalue weighted by Gasteiger charge is 2.20. The first-order valence-electron chi connectivity index (χ1n) is 8.33. The molecule has 3 nitrogen and oxygen atoms in total. The van der Waals surface area contributed by atoms with Gasteiger partial charge in [0.05, 0.1) is 5.75 Å². The number of hydrogen-bond acceptors (Lipinski definition) is 3. The summed E-state index contributed by atoms with van der Waals surface area (Å²) in [4.78, 5) is 16.8. The third-order valence-corrected chi connectivity index (χ3v) is 5.39. The summed E-state index contributed by atoms with van der Waals surface area (Å²) in [5, 5.41) is 0. The summed E-state index contributed by atoms with van der Waals surface area (Å²) in [6.45, 7) is 4.48. The molecule has 1 aliphatic rings. The van der Waals surface area contributed by atoms with Crippen molar-refractivity contribution in [2.45, 2.75) is 19.2 Å². The fourth-order valence-electron chi connectivity index (χ4n) is 3.06. The Labute approximate surface area is 148 Å². The van der Waals surface area contributed by atoms with Gasteiger partial charge in [0.1, 0.15) is 0 Å². The Morgan fingerprint density at radius 2 is 1.96 bits per heavy atom. The normalized spacial score (nSPS) is 14.2. The van der Waals surface area contributed by atoms with E-state index in [-0.39, 0.29) is 5.91 Å². The molecule has 0 saturated heterocycles. The van der Waals surface area contributed by atoms with Crippen molar-refractivity contribution in [1.82, 2.24) is 4.90 Å². The Morgan fingerprint density at radius 1 is 1.12 bits per heavy atom. The van der Waals surface area contributed by atoms with Gasteiger partial charge in [-0.15, -0.1) is 11.8 Å². The Hall–Kier alpha value is -1.94. The molecule has 1 amide bonds. The fraction of sp³-hybridized carbons (Fsp3) is 0.350. The monoisotopic (exact) mass is 340 g/mol. The Morgan fingerprint density at radius 3 is 2.79 bits per heavy atom. The molecule has 126 valence electrons. The maximum atomic E-state index is 12.6. The molecule has 3 rings (SSSR count). The highest BCUT2D eigenvalue weighted by atomic mass is 32.2. The minimum atomic E-state index is 0.234. The van der Waals surface area contributed by atoms with E-state index in [9.17, 15) is 4.79 Å². The molecule has 0 N–H and O–H groups in total. The number of likely N-dealkylation sites (N-methyl/N-ethyl adjacent to an activating group) is 1. The molecular weight excluding hydrogens is 316 g/mol. The first-order valence-corrected chi connectivity index (χ1v) is 9.49. The van der Waals surface area contributed by atoms with Crippen molar-refractivity contribution in [2.24, 2.45) is 0 Å². The number of nitrogens with zero attached hydrogens (tertiary/aromatic N) is 2. The lowest BCUT2D eigenvalue weighted by Crippen LogP contribution is -2.35. The molecular formula is C20H24N2OS. The molecule has 24 heavy (non-hydrogen) atoms. The zero-order valence-corrected chi connectivity index (χ0v) is 15.2. The molecule has 0 radical (unpaired) electrons. The van der Waals surface area contributed by atoms with Gasteiger partial charge in [0.2, 0.25) is 5.91 Å². The van der Waals surface area contributed by atoms with Gasteiger partial charge in [-0.2, -0.15) is 0 Å². The third kappa shape index (κ3) is 4.12. The number of amides is 1. The number of fused-ring (bicyclic) bond motifs is 1. The fourth-order valence-corrected chi connectivity index (χ4v) is 3.93. The van der Waals surface area contributed by atoms with E-state index >= 15 is 0 Å². The van der Waals surface area contributed by atoms with Crippen LogP contribution in [0.3, 0.4) is 0 Å². The second-order valence-electron chi connectivity index (χ2n) is 6.35. The van der Waals surface area contributed by atoms with E-state index in [1.807, 2.05) is 11.0 Å². The van der Waals surface area contributed by atoms with E-state index < -0.39 is 0 Å². The summed E-state index contributed by atoms with van der Waals surface area (Å²) >= 11 is 1.70. The number of hydrogen-bond donors (Lipinski definition) is 0. The predicted octanol–water partition coefficient (Wildman–Crippen LogP) is 3.71. The zero-order chi connectivity index (χ0) is 16.9. The van der Waals surface area contributed by atoms with Gasteiger partial charge >= 0.3 is 0 Å². The van der Waals surface area contributed by atoms with Gasteiger partial charge in [0.25, 0.3) is 0 Å². The third-order valence-electron chi connectivity index (χ3n) is 4.40. The van der Waals surface area contributed by atoms with Crippen LogP contribution in [0.2, 0.25) is 0 Å². The van der Waals surface area contributed by atoms with Crippen LogP contribution < -0.4 is 4.90 Å². The maximum Gasteiger partial charge on any atom is 0.232 e. The van der Waals surface area contributed by atoms with E-state index in [2.05, 4.69) is 61.3 Å². The van der Waals surface area contributed by atoms with Crippen LogP contribution in [-0.2, 0) is 17.1 Å². The van der Waals surface area contributed by atoms with Crippen LogP contribution >= 0.6 is 11.8 Å². The lowest BCUT2D eigenvalue weighted by atomic mass is 10.1. The van der Waals surface area contributed by atoms with E-state index in [1.54, 1.807) is 11.8 Å². The van der Waals surface area contributed by atoms with Crippen molar-refractivity contribution in [3.63, 3.8) is 0 Å². The Bertz CT molecular complexity index is 716. The highest BCUT2D eigenvalue weighted by molar-refractivity contribution is 7.99. The van der Waals surface area contributed by atoms with Crippen LogP contribution in [0, 0.1) is 6.92 Å². The number of carbonyl (C=O) groups is 1. The standard InChI is InChI=1S/C20H24N2OS/c1-16-6-5-7-17(12-16)14-24-15-20(23)22-11-10-21(2)19-9-4-3-8-18(19)13-22/h3-9,12H,10-11,13-15H2,1-2H3. The summed E-state index contributed by atoms with van der Waals surface area (Å²) in [5.41, 5.74) is 5.02. The Balaban J connectivity index is 1.57. The summed E-state index contributed by atoms with van der Waals surface area (Å²) in [5.74, 6) is 1.66. The van der Waals surface area contributed by atoms with Gasteiger partial charge in [0.15, 0.2) is 0 Å². The minimum Gasteiger partial charge on any atom is -0.373 e. The summed E-state index contributed by atoms with van der Waals surface area (Å²) in [6.07, 6.45) is 0. The van der Waals surface area contributed by atoms with Gasteiger partial charge in [0, 0.05) is 38.1 Å². The molecule has 0 bridgehead atoms. The van der Waals surface area contributed by atoms with Gasteiger partial charge in [-0.1, -0.05) is 48.0 Å². The van der Waals surface area contributed by atoms with Crippen molar-refractivity contribution >= 4 is 23.4 Å². The molecule has 1 heterocycles. The van der Waals surface area contributed by atoms with Crippen molar-refractivity contribution in [2.75, 3.05) is 30.8 Å². The van der Waals surface area contributed by atoms with E-state index in [0.29, 0.717) is 12.3 Å². The molecule has 0 fully saturated rings. The van der Waals surface area contributed by atoms with Crippen LogP contribution in [0.1, 0.15) is 16.7 Å². The number of aryl methyl sites for hydroxylation is 1. The molecule has 0 unspecified atom stereocenters. The molecule has 0 spiro atoms. The average molecular weight is 340 g/mol. The smallest absolute Gasteiger partial charge is 0.232 e. The second kappa shape index (κ2) is 7.75. The molecule has 0 saturated carbocycles. The molecule has 0 aliphatic carbocycles. The van der Waals surface area contributed by atoms with E-state index in [0.717, 1.165) is 18.8 Å². The van der Waals surface area contributed by atoms with E-state index in [1.165, 1.54) is 22.4 Å². The minimum absolute atomic E-state index is 0.234. The van der Waals surface area contributed by atoms with Crippen LogP contribution in [0.5, 0.6) is 0 Å². The van der Waals surface area contributed by atoms with Crippen LogP contribution in [-0.4, -0.2) is 36.7 Å².